The van der Waals surface area contributed by atoms with Crippen LogP contribution in [0.3, 0.4) is 0 Å². The van der Waals surface area contributed by atoms with E-state index in [0.717, 1.165) is 6.07 Å². The average Bonchev–Trinajstić information content (AvgIpc) is 2.17. The van der Waals surface area contributed by atoms with E-state index >= 15 is 0 Å². The van der Waals surface area contributed by atoms with Crippen molar-refractivity contribution in [1.82, 2.24) is 5.32 Å². The minimum atomic E-state index is -0.555. The van der Waals surface area contributed by atoms with Crippen LogP contribution >= 0.6 is 0 Å². The van der Waals surface area contributed by atoms with Crippen LogP contribution in [0.15, 0.2) is 18.2 Å². The highest BCUT2D eigenvalue weighted by Gasteiger charge is 2.10. The van der Waals surface area contributed by atoms with Crippen LogP contribution in [0.1, 0.15) is 18.5 Å². The van der Waals surface area contributed by atoms with Crippen molar-refractivity contribution in [3.8, 4) is 0 Å². The SMILES string of the molecule is COCCN[C@H](C)c1ccc(F)cc1F. The van der Waals surface area contributed by atoms with E-state index in [0.29, 0.717) is 18.7 Å². The summed E-state index contributed by atoms with van der Waals surface area (Å²) < 4.78 is 30.8. The number of rotatable bonds is 5. The molecule has 0 saturated carbocycles. The zero-order valence-electron chi connectivity index (χ0n) is 8.89. The Morgan fingerprint density at radius 3 is 2.73 bits per heavy atom. The maximum absolute atomic E-state index is 13.3. The Morgan fingerprint density at radius 2 is 2.13 bits per heavy atom. The third kappa shape index (κ3) is 3.57. The first-order valence-electron chi connectivity index (χ1n) is 4.82. The van der Waals surface area contributed by atoms with Gasteiger partial charge in [-0.15, -0.1) is 0 Å². The Morgan fingerprint density at radius 1 is 1.40 bits per heavy atom. The van der Waals surface area contributed by atoms with Crippen molar-refractivity contribution in [1.29, 1.82) is 0 Å². The Kier molecular flexibility index (Phi) is 4.65. The van der Waals surface area contributed by atoms with Crippen LogP contribution in [0.4, 0.5) is 8.78 Å². The van der Waals surface area contributed by atoms with Gasteiger partial charge in [0.15, 0.2) is 0 Å². The molecule has 15 heavy (non-hydrogen) atoms. The average molecular weight is 215 g/mol. The summed E-state index contributed by atoms with van der Waals surface area (Å²) in [7, 11) is 1.60. The van der Waals surface area contributed by atoms with Crippen molar-refractivity contribution in [2.24, 2.45) is 0 Å². The molecule has 0 aliphatic heterocycles. The van der Waals surface area contributed by atoms with Gasteiger partial charge in [0.05, 0.1) is 6.61 Å². The number of nitrogens with one attached hydrogen (secondary N) is 1. The van der Waals surface area contributed by atoms with Crippen LogP contribution in [0.2, 0.25) is 0 Å². The van der Waals surface area contributed by atoms with Gasteiger partial charge in [-0.1, -0.05) is 6.07 Å². The van der Waals surface area contributed by atoms with Crippen LogP contribution in [0, 0.1) is 11.6 Å². The molecule has 0 saturated heterocycles. The first-order valence-corrected chi connectivity index (χ1v) is 4.82. The topological polar surface area (TPSA) is 21.3 Å². The standard InChI is InChI=1S/C11H15F2NO/c1-8(14-5-6-15-2)10-4-3-9(12)7-11(10)13/h3-4,7-8,14H,5-6H2,1-2H3/t8-/m1/s1. The third-order valence-electron chi connectivity index (χ3n) is 2.19. The molecule has 0 bridgehead atoms. The summed E-state index contributed by atoms with van der Waals surface area (Å²) in [6, 6.07) is 3.45. The van der Waals surface area contributed by atoms with Gasteiger partial charge >= 0.3 is 0 Å². The molecule has 0 aromatic heterocycles. The Labute approximate surface area is 88.3 Å². The van der Waals surface area contributed by atoms with E-state index in [-0.39, 0.29) is 6.04 Å². The van der Waals surface area contributed by atoms with Gasteiger partial charge in [-0.2, -0.15) is 0 Å². The summed E-state index contributed by atoms with van der Waals surface area (Å²) in [5.41, 5.74) is 0.465. The highest BCUT2D eigenvalue weighted by Crippen LogP contribution is 2.17. The fraction of sp³-hybridized carbons (Fsp3) is 0.455. The van der Waals surface area contributed by atoms with Crippen LogP contribution in [-0.4, -0.2) is 20.3 Å². The Balaban J connectivity index is 2.61. The van der Waals surface area contributed by atoms with Crippen molar-refractivity contribution < 1.29 is 13.5 Å². The summed E-state index contributed by atoms with van der Waals surface area (Å²) in [4.78, 5) is 0. The lowest BCUT2D eigenvalue weighted by atomic mass is 10.1. The van der Waals surface area contributed by atoms with E-state index in [2.05, 4.69) is 5.32 Å². The van der Waals surface area contributed by atoms with Crippen LogP contribution in [0.25, 0.3) is 0 Å². The summed E-state index contributed by atoms with van der Waals surface area (Å²) >= 11 is 0. The lowest BCUT2D eigenvalue weighted by molar-refractivity contribution is 0.196. The second kappa shape index (κ2) is 5.78. The zero-order valence-corrected chi connectivity index (χ0v) is 8.89. The first kappa shape index (κ1) is 12.1. The lowest BCUT2D eigenvalue weighted by Gasteiger charge is -2.14. The van der Waals surface area contributed by atoms with Crippen molar-refractivity contribution in [3.63, 3.8) is 0 Å². The fourth-order valence-electron chi connectivity index (χ4n) is 1.34. The third-order valence-corrected chi connectivity index (χ3v) is 2.19. The number of methoxy groups -OCH3 is 1. The number of hydrogen-bond acceptors (Lipinski definition) is 2. The Hall–Kier alpha value is -1.00. The first-order chi connectivity index (χ1) is 7.15. The second-order valence-corrected chi connectivity index (χ2v) is 3.33. The van der Waals surface area contributed by atoms with E-state index in [4.69, 9.17) is 4.74 Å². The lowest BCUT2D eigenvalue weighted by Crippen LogP contribution is -2.23. The molecule has 0 fully saturated rings. The van der Waals surface area contributed by atoms with E-state index in [1.54, 1.807) is 7.11 Å². The summed E-state index contributed by atoms with van der Waals surface area (Å²) in [5, 5.41) is 3.07. The second-order valence-electron chi connectivity index (χ2n) is 3.33. The highest BCUT2D eigenvalue weighted by molar-refractivity contribution is 5.21. The molecule has 0 amide bonds. The van der Waals surface area contributed by atoms with Crippen molar-refractivity contribution >= 4 is 0 Å². The quantitative estimate of drug-likeness (QED) is 0.761. The minimum absolute atomic E-state index is 0.152. The van der Waals surface area contributed by atoms with E-state index < -0.39 is 11.6 Å². The number of hydrogen-bond donors (Lipinski definition) is 1. The smallest absolute Gasteiger partial charge is 0.130 e. The summed E-state index contributed by atoms with van der Waals surface area (Å²) in [6.07, 6.45) is 0. The van der Waals surface area contributed by atoms with Crippen LogP contribution in [-0.2, 0) is 4.74 Å². The molecule has 0 aliphatic carbocycles. The predicted octanol–water partition coefficient (Wildman–Crippen LogP) is 2.26. The van der Waals surface area contributed by atoms with Crippen molar-refractivity contribution in [2.75, 3.05) is 20.3 Å². The van der Waals surface area contributed by atoms with Crippen LogP contribution < -0.4 is 5.32 Å². The molecule has 1 aromatic carbocycles. The molecule has 0 spiro atoms. The van der Waals surface area contributed by atoms with E-state index in [9.17, 15) is 8.78 Å². The van der Waals surface area contributed by atoms with Crippen molar-refractivity contribution in [3.05, 3.63) is 35.4 Å². The van der Waals surface area contributed by atoms with E-state index in [1.165, 1.54) is 12.1 Å². The number of halogens is 2. The van der Waals surface area contributed by atoms with Gasteiger partial charge in [0.2, 0.25) is 0 Å². The highest BCUT2D eigenvalue weighted by atomic mass is 19.1. The molecule has 0 radical (unpaired) electrons. The molecule has 84 valence electrons. The molecule has 1 atom stereocenters. The van der Waals surface area contributed by atoms with Gasteiger partial charge in [0, 0.05) is 31.3 Å². The molecular weight excluding hydrogens is 200 g/mol. The summed E-state index contributed by atoms with van der Waals surface area (Å²) in [6.45, 7) is 3.02. The monoisotopic (exact) mass is 215 g/mol. The maximum Gasteiger partial charge on any atom is 0.130 e. The predicted molar refractivity (Wildman–Crippen MR) is 54.7 cm³/mol. The van der Waals surface area contributed by atoms with E-state index in [1.807, 2.05) is 6.92 Å². The molecule has 1 aromatic rings. The fourth-order valence-corrected chi connectivity index (χ4v) is 1.34. The summed E-state index contributed by atoms with van der Waals surface area (Å²) in [5.74, 6) is -1.08. The maximum atomic E-state index is 13.3. The largest absolute Gasteiger partial charge is 0.383 e. The number of benzene rings is 1. The Bertz CT molecular complexity index is 317. The molecule has 1 rings (SSSR count). The minimum Gasteiger partial charge on any atom is -0.383 e. The molecule has 0 heterocycles. The molecule has 0 unspecified atom stereocenters. The number of ether oxygens (including phenoxy) is 1. The zero-order chi connectivity index (χ0) is 11.3. The van der Waals surface area contributed by atoms with Gasteiger partial charge in [-0.3, -0.25) is 0 Å². The molecule has 0 aliphatic rings. The molecule has 2 nitrogen and oxygen atoms in total. The van der Waals surface area contributed by atoms with Gasteiger partial charge in [0.25, 0.3) is 0 Å². The molecular formula is C11H15F2NO. The van der Waals surface area contributed by atoms with Crippen LogP contribution in [0.5, 0.6) is 0 Å². The van der Waals surface area contributed by atoms with Gasteiger partial charge in [-0.25, -0.2) is 8.78 Å². The normalized spacial score (nSPS) is 12.8. The van der Waals surface area contributed by atoms with Gasteiger partial charge < -0.3 is 10.1 Å². The van der Waals surface area contributed by atoms with Gasteiger partial charge in [-0.05, 0) is 13.0 Å². The van der Waals surface area contributed by atoms with Crippen molar-refractivity contribution in [2.45, 2.75) is 13.0 Å². The molecule has 4 heteroatoms. The molecule has 1 N–H and O–H groups in total. The van der Waals surface area contributed by atoms with Gasteiger partial charge in [0.1, 0.15) is 11.6 Å².